The third kappa shape index (κ3) is 3.66. The molecule has 6 rings (SSSR count). The van der Waals surface area contributed by atoms with Gasteiger partial charge in [0.2, 0.25) is 0 Å². The first-order valence-corrected chi connectivity index (χ1v) is 14.2. The van der Waals surface area contributed by atoms with Gasteiger partial charge in [-0.1, -0.05) is 27.3 Å². The van der Waals surface area contributed by atoms with Gasteiger partial charge in [-0.25, -0.2) is 0 Å². The molecule has 4 unspecified atom stereocenters. The lowest BCUT2D eigenvalue weighted by Crippen LogP contribution is -2.38. The van der Waals surface area contributed by atoms with Gasteiger partial charge in [-0.15, -0.1) is 11.8 Å². The van der Waals surface area contributed by atoms with Gasteiger partial charge in [-0.2, -0.15) is 0 Å². The maximum absolute atomic E-state index is 12.8. The highest BCUT2D eigenvalue weighted by molar-refractivity contribution is 9.10. The van der Waals surface area contributed by atoms with Crippen molar-refractivity contribution in [1.82, 2.24) is 9.88 Å². The monoisotopic (exact) mass is 534 g/mol. The molecule has 2 bridgehead atoms. The molecule has 5 atom stereocenters. The number of nitrogens with one attached hydrogen (secondary N) is 1. The van der Waals surface area contributed by atoms with Gasteiger partial charge in [0.1, 0.15) is 5.75 Å². The number of nitrogens with zero attached hydrogens (tertiary/aromatic N) is 1. The highest BCUT2D eigenvalue weighted by atomic mass is 79.9. The van der Waals surface area contributed by atoms with E-state index in [1.54, 1.807) is 0 Å². The molecule has 2 aliphatic carbocycles. The molecule has 1 saturated heterocycles. The second-order valence-corrected chi connectivity index (χ2v) is 12.7. The maximum Gasteiger partial charge on any atom is 0.305 e. The van der Waals surface area contributed by atoms with Gasteiger partial charge in [0.25, 0.3) is 5.91 Å². The fourth-order valence-corrected chi connectivity index (χ4v) is 9.73. The fourth-order valence-electron chi connectivity index (χ4n) is 6.47. The molecular formula is C24H27BrN2O3S2. The zero-order valence-electron chi connectivity index (χ0n) is 17.8. The minimum absolute atomic E-state index is 0.0255. The molecule has 4 aliphatic rings. The highest BCUT2D eigenvalue weighted by Gasteiger charge is 2.55. The molecule has 2 aliphatic heterocycles. The number of thioether (sulfide) groups is 1. The summed E-state index contributed by atoms with van der Waals surface area (Å²) in [6.07, 6.45) is 7.26. The molecule has 1 aromatic carbocycles. The van der Waals surface area contributed by atoms with E-state index in [0.717, 1.165) is 57.5 Å². The van der Waals surface area contributed by atoms with Gasteiger partial charge in [-0.05, 0) is 74.5 Å². The number of rotatable bonds is 4. The third-order valence-corrected chi connectivity index (χ3v) is 10.9. The molecule has 3 heterocycles. The summed E-state index contributed by atoms with van der Waals surface area (Å²) in [4.78, 5) is 31.3. The van der Waals surface area contributed by atoms with Crippen LogP contribution in [0.25, 0.3) is 0 Å². The molecule has 0 radical (unpaired) electrons. The molecule has 2 aromatic rings. The predicted octanol–water partition coefficient (Wildman–Crippen LogP) is 5.24. The Bertz CT molecular complexity index is 1090. The van der Waals surface area contributed by atoms with Crippen molar-refractivity contribution in [2.24, 2.45) is 17.8 Å². The van der Waals surface area contributed by atoms with Crippen molar-refractivity contribution in [2.45, 2.75) is 54.7 Å². The summed E-state index contributed by atoms with van der Waals surface area (Å²) in [5, 5.41) is 1.60. The van der Waals surface area contributed by atoms with E-state index in [1.807, 2.05) is 28.8 Å². The lowest BCUT2D eigenvalue weighted by Gasteiger charge is -2.40. The van der Waals surface area contributed by atoms with Crippen molar-refractivity contribution in [1.29, 1.82) is 0 Å². The maximum atomic E-state index is 12.8. The Morgan fingerprint density at radius 3 is 2.84 bits per heavy atom. The van der Waals surface area contributed by atoms with E-state index in [-0.39, 0.29) is 23.3 Å². The average Bonchev–Trinajstić information content (AvgIpc) is 3.51. The van der Waals surface area contributed by atoms with E-state index in [1.165, 1.54) is 37.0 Å². The first-order chi connectivity index (χ1) is 15.6. The number of hydrogen-bond donors (Lipinski definition) is 1. The number of likely N-dealkylation sites (tertiary alicyclic amines) is 1. The normalized spacial score (nSPS) is 30.8. The Kier molecular flexibility index (Phi) is 5.66. The predicted molar refractivity (Wildman–Crippen MR) is 131 cm³/mol. The number of piperidine rings is 1. The summed E-state index contributed by atoms with van der Waals surface area (Å²) < 4.78 is 7.21. The van der Waals surface area contributed by atoms with E-state index in [9.17, 15) is 9.59 Å². The second-order valence-electron chi connectivity index (χ2n) is 9.59. The number of thiazole rings is 1. The van der Waals surface area contributed by atoms with Crippen molar-refractivity contribution >= 4 is 44.9 Å². The lowest BCUT2D eigenvalue weighted by atomic mass is 9.74. The summed E-state index contributed by atoms with van der Waals surface area (Å²) >= 11 is 6.91. The smallest absolute Gasteiger partial charge is 0.305 e. The van der Waals surface area contributed by atoms with Gasteiger partial charge in [0.05, 0.1) is 5.03 Å². The number of aromatic nitrogens is 1. The number of carbonyl (C=O) groups is 1. The van der Waals surface area contributed by atoms with Crippen molar-refractivity contribution in [3.05, 3.63) is 42.8 Å². The van der Waals surface area contributed by atoms with Crippen molar-refractivity contribution in [3.8, 4) is 5.75 Å². The van der Waals surface area contributed by atoms with Crippen LogP contribution >= 0.6 is 39.0 Å². The van der Waals surface area contributed by atoms with E-state index in [4.69, 9.17) is 4.74 Å². The number of ether oxygens (including phenoxy) is 1. The number of aromatic amines is 1. The molecule has 8 heteroatoms. The minimum atomic E-state index is 0.0255. The molecule has 2 saturated carbocycles. The van der Waals surface area contributed by atoms with Gasteiger partial charge in [0, 0.05) is 39.2 Å². The summed E-state index contributed by atoms with van der Waals surface area (Å²) in [6.45, 7) is 1.75. The summed E-state index contributed by atoms with van der Waals surface area (Å²) in [7, 11) is 0. The van der Waals surface area contributed by atoms with Crippen molar-refractivity contribution in [3.63, 3.8) is 0 Å². The van der Waals surface area contributed by atoms with Crippen LogP contribution in [0.4, 0.5) is 0 Å². The average molecular weight is 536 g/mol. The Morgan fingerprint density at radius 2 is 2.00 bits per heavy atom. The number of carbonyl (C=O) groups excluding carboxylic acids is 1. The first-order valence-electron chi connectivity index (χ1n) is 11.7. The van der Waals surface area contributed by atoms with E-state index in [0.29, 0.717) is 17.1 Å². The fraction of sp³-hybridized carbons (Fsp3) is 0.583. The van der Waals surface area contributed by atoms with E-state index >= 15 is 0 Å². The number of fused-ring (bicyclic) bond motifs is 6. The molecule has 3 fully saturated rings. The summed E-state index contributed by atoms with van der Waals surface area (Å²) in [5.41, 5.74) is 1.12. The lowest BCUT2D eigenvalue weighted by molar-refractivity contribution is -0.134. The van der Waals surface area contributed by atoms with Crippen LogP contribution in [0.15, 0.2) is 32.5 Å². The quantitative estimate of drug-likeness (QED) is 0.582. The summed E-state index contributed by atoms with van der Waals surface area (Å²) in [5.74, 6) is 2.97. The molecule has 5 nitrogen and oxygen atoms in total. The van der Waals surface area contributed by atoms with E-state index < -0.39 is 0 Å². The zero-order valence-corrected chi connectivity index (χ0v) is 21.1. The molecular weight excluding hydrogens is 508 g/mol. The van der Waals surface area contributed by atoms with E-state index in [2.05, 4.69) is 27.0 Å². The topological polar surface area (TPSA) is 62.4 Å². The standard InChI is InChI=1S/C24H27BrN2O3S2/c25-15-6-7-17(30-12-18(28)27-8-2-1-3-9-27)16(11-15)20-19-13-4-5-14(10-13)21(19)31-23-22(20)32-24(29)26-23/h6-7,11,13-14,19-21H,1-5,8-10,12H2,(H,26,29)/t13?,14?,19?,20-,21?/m1/s1. The number of amides is 1. The van der Waals surface area contributed by atoms with Crippen LogP contribution in [0.2, 0.25) is 0 Å². The minimum Gasteiger partial charge on any atom is -0.483 e. The summed E-state index contributed by atoms with van der Waals surface area (Å²) in [6, 6.07) is 6.13. The Morgan fingerprint density at radius 1 is 1.19 bits per heavy atom. The Balaban J connectivity index is 1.35. The van der Waals surface area contributed by atoms with Crippen LogP contribution in [0.1, 0.15) is 54.9 Å². The van der Waals surface area contributed by atoms with Crippen LogP contribution in [-0.2, 0) is 4.79 Å². The largest absolute Gasteiger partial charge is 0.483 e. The van der Waals surface area contributed by atoms with Crippen LogP contribution in [0.5, 0.6) is 5.75 Å². The molecule has 32 heavy (non-hydrogen) atoms. The Labute approximate surface area is 204 Å². The molecule has 1 amide bonds. The Hall–Kier alpha value is -1.25. The van der Waals surface area contributed by atoms with Crippen molar-refractivity contribution < 1.29 is 9.53 Å². The first kappa shape index (κ1) is 21.3. The van der Waals surface area contributed by atoms with Crippen LogP contribution < -0.4 is 9.61 Å². The second kappa shape index (κ2) is 8.51. The SMILES string of the molecule is O=C(COc1ccc(Br)cc1[C@H]1c2sc(=O)[nH]c2SC2C3CCC(C3)C21)N1CCCCC1. The molecule has 1 N–H and O–H groups in total. The zero-order chi connectivity index (χ0) is 21.8. The molecule has 170 valence electrons. The number of halogens is 1. The number of benzene rings is 1. The van der Waals surface area contributed by atoms with Gasteiger partial charge in [0.15, 0.2) is 6.61 Å². The molecule has 0 spiro atoms. The molecule has 1 aromatic heterocycles. The van der Waals surface area contributed by atoms with Crippen LogP contribution in [-0.4, -0.2) is 40.7 Å². The van der Waals surface area contributed by atoms with Gasteiger partial charge >= 0.3 is 4.87 Å². The third-order valence-electron chi connectivity index (χ3n) is 7.83. The van der Waals surface area contributed by atoms with Crippen LogP contribution in [0, 0.1) is 17.8 Å². The number of hydrogen-bond acceptors (Lipinski definition) is 5. The van der Waals surface area contributed by atoms with Gasteiger partial charge < -0.3 is 14.6 Å². The van der Waals surface area contributed by atoms with Gasteiger partial charge in [-0.3, -0.25) is 9.59 Å². The highest BCUT2D eigenvalue weighted by Crippen LogP contribution is 2.64. The number of H-pyrrole nitrogens is 1. The van der Waals surface area contributed by atoms with Crippen LogP contribution in [0.3, 0.4) is 0 Å². The van der Waals surface area contributed by atoms with Crippen molar-refractivity contribution in [2.75, 3.05) is 19.7 Å².